The van der Waals surface area contributed by atoms with Gasteiger partial charge in [0.25, 0.3) is 5.91 Å². The third-order valence-corrected chi connectivity index (χ3v) is 3.98. The van der Waals surface area contributed by atoms with Gasteiger partial charge in [-0.3, -0.25) is 4.79 Å². The van der Waals surface area contributed by atoms with Crippen molar-refractivity contribution in [2.45, 2.75) is 26.4 Å². The third-order valence-electron chi connectivity index (χ3n) is 3.98. The van der Waals surface area contributed by atoms with Crippen molar-refractivity contribution in [1.82, 2.24) is 19.9 Å². The number of nitrogens with one attached hydrogen (secondary N) is 2. The molecule has 1 aromatic carbocycles. The highest BCUT2D eigenvalue weighted by Gasteiger charge is 2.05. The predicted octanol–water partition coefficient (Wildman–Crippen LogP) is 3.08. The zero-order chi connectivity index (χ0) is 18.2. The summed E-state index contributed by atoms with van der Waals surface area (Å²) >= 11 is 0. The van der Waals surface area contributed by atoms with E-state index in [1.807, 2.05) is 30.1 Å². The van der Waals surface area contributed by atoms with Crippen LogP contribution in [-0.4, -0.2) is 27.0 Å². The van der Waals surface area contributed by atoms with Gasteiger partial charge in [-0.1, -0.05) is 31.2 Å². The van der Waals surface area contributed by atoms with Gasteiger partial charge in [0.15, 0.2) is 0 Å². The number of aromatic nitrogens is 3. The zero-order valence-electron chi connectivity index (χ0n) is 14.9. The second-order valence-electron chi connectivity index (χ2n) is 6.09. The number of carbonyl (C=O) groups is 1. The number of hydrogen-bond donors (Lipinski definition) is 2. The second-order valence-corrected chi connectivity index (χ2v) is 6.09. The molecule has 0 aliphatic rings. The van der Waals surface area contributed by atoms with Crippen LogP contribution in [0.5, 0.6) is 0 Å². The van der Waals surface area contributed by atoms with E-state index in [0.717, 1.165) is 18.8 Å². The number of amides is 1. The number of imidazole rings is 1. The molecule has 2 aromatic heterocycles. The maximum atomic E-state index is 11.9. The van der Waals surface area contributed by atoms with E-state index in [-0.39, 0.29) is 5.91 Å². The van der Waals surface area contributed by atoms with Crippen LogP contribution < -0.4 is 10.6 Å². The molecule has 3 aromatic rings. The van der Waals surface area contributed by atoms with Gasteiger partial charge in [0.2, 0.25) is 0 Å². The van der Waals surface area contributed by atoms with Gasteiger partial charge in [0, 0.05) is 38.2 Å². The second kappa shape index (κ2) is 8.80. The van der Waals surface area contributed by atoms with Crippen molar-refractivity contribution in [1.29, 1.82) is 0 Å². The van der Waals surface area contributed by atoms with Crippen molar-refractivity contribution < 1.29 is 4.79 Å². The van der Waals surface area contributed by atoms with Gasteiger partial charge < -0.3 is 15.2 Å². The van der Waals surface area contributed by atoms with E-state index in [4.69, 9.17) is 0 Å². The molecule has 0 unspecified atom stereocenters. The molecular formula is C20H23N5O. The van der Waals surface area contributed by atoms with Gasteiger partial charge in [0.05, 0.1) is 11.9 Å². The Morgan fingerprint density at radius 1 is 1.12 bits per heavy atom. The normalized spacial score (nSPS) is 10.5. The van der Waals surface area contributed by atoms with Crippen LogP contribution >= 0.6 is 0 Å². The summed E-state index contributed by atoms with van der Waals surface area (Å²) < 4.78 is 2.04. The highest BCUT2D eigenvalue weighted by atomic mass is 16.1. The minimum absolute atomic E-state index is 0.0839. The van der Waals surface area contributed by atoms with Gasteiger partial charge in [-0.25, -0.2) is 9.97 Å². The Kier molecular flexibility index (Phi) is 5.98. The maximum Gasteiger partial charge on any atom is 0.252 e. The molecule has 0 spiro atoms. The van der Waals surface area contributed by atoms with Crippen molar-refractivity contribution in [2.24, 2.45) is 0 Å². The molecule has 0 aliphatic heterocycles. The van der Waals surface area contributed by atoms with E-state index >= 15 is 0 Å². The molecule has 0 saturated carbocycles. The summed E-state index contributed by atoms with van der Waals surface area (Å²) in [7, 11) is 0. The Hall–Kier alpha value is -3.15. The lowest BCUT2D eigenvalue weighted by Crippen LogP contribution is -2.24. The maximum absolute atomic E-state index is 11.9. The summed E-state index contributed by atoms with van der Waals surface area (Å²) in [6.45, 7) is 4.20. The van der Waals surface area contributed by atoms with Gasteiger partial charge in [-0.15, -0.1) is 0 Å². The highest BCUT2D eigenvalue weighted by molar-refractivity contribution is 5.94. The largest absolute Gasteiger partial charge is 0.366 e. The van der Waals surface area contributed by atoms with Crippen molar-refractivity contribution in [3.63, 3.8) is 0 Å². The molecule has 0 aliphatic carbocycles. The fourth-order valence-electron chi connectivity index (χ4n) is 2.52. The number of hydrogen-bond acceptors (Lipinski definition) is 4. The molecule has 2 N–H and O–H groups in total. The molecule has 2 heterocycles. The number of rotatable bonds is 8. The summed E-state index contributed by atoms with van der Waals surface area (Å²) in [6.07, 6.45) is 8.06. The van der Waals surface area contributed by atoms with Crippen LogP contribution in [0.15, 0.2) is 61.3 Å². The first-order valence-corrected chi connectivity index (χ1v) is 8.76. The van der Waals surface area contributed by atoms with Crippen LogP contribution in [0.2, 0.25) is 0 Å². The zero-order valence-corrected chi connectivity index (χ0v) is 14.9. The number of anilines is 1. The summed E-state index contributed by atoms with van der Waals surface area (Å²) in [5.41, 5.74) is 2.98. The predicted molar refractivity (Wildman–Crippen MR) is 102 cm³/mol. The monoisotopic (exact) mass is 349 g/mol. The molecule has 0 fully saturated rings. The van der Waals surface area contributed by atoms with Crippen LogP contribution in [-0.2, 0) is 13.1 Å². The van der Waals surface area contributed by atoms with Crippen LogP contribution in [0.1, 0.15) is 34.8 Å². The molecule has 1 amide bonds. The first-order valence-electron chi connectivity index (χ1n) is 8.76. The molecule has 6 nitrogen and oxygen atoms in total. The first kappa shape index (κ1) is 17.7. The summed E-state index contributed by atoms with van der Waals surface area (Å²) in [5.74, 6) is 0.666. The lowest BCUT2D eigenvalue weighted by Gasteiger charge is -2.08. The Morgan fingerprint density at radius 2 is 1.92 bits per heavy atom. The fraction of sp³-hybridized carbons (Fsp3) is 0.250. The summed E-state index contributed by atoms with van der Waals surface area (Å²) in [4.78, 5) is 20.2. The molecule has 0 atom stereocenters. The van der Waals surface area contributed by atoms with E-state index in [0.29, 0.717) is 18.7 Å². The quantitative estimate of drug-likeness (QED) is 0.655. The molecular weight excluding hydrogens is 326 g/mol. The molecule has 0 radical (unpaired) electrons. The Morgan fingerprint density at radius 3 is 2.58 bits per heavy atom. The molecule has 134 valence electrons. The molecule has 26 heavy (non-hydrogen) atoms. The van der Waals surface area contributed by atoms with Crippen molar-refractivity contribution in [2.75, 3.05) is 11.9 Å². The number of carbonyl (C=O) groups excluding carboxylic acids is 1. The highest BCUT2D eigenvalue weighted by Crippen LogP contribution is 2.10. The molecule has 0 bridgehead atoms. The molecule has 0 saturated heterocycles. The van der Waals surface area contributed by atoms with Crippen molar-refractivity contribution in [3.8, 4) is 0 Å². The van der Waals surface area contributed by atoms with Crippen LogP contribution in [0.25, 0.3) is 0 Å². The summed E-state index contributed by atoms with van der Waals surface area (Å²) in [6, 6.07) is 12.1. The first-order chi connectivity index (χ1) is 12.7. The number of pyridine rings is 1. The Bertz CT molecular complexity index is 810. The lowest BCUT2D eigenvalue weighted by atomic mass is 10.1. The molecule has 6 heteroatoms. The molecule has 3 rings (SSSR count). The van der Waals surface area contributed by atoms with Gasteiger partial charge in [0.1, 0.15) is 5.82 Å². The van der Waals surface area contributed by atoms with Gasteiger partial charge in [-0.2, -0.15) is 0 Å². The average molecular weight is 349 g/mol. The minimum atomic E-state index is -0.0839. The lowest BCUT2D eigenvalue weighted by molar-refractivity contribution is 0.0953. The van der Waals surface area contributed by atoms with Crippen LogP contribution in [0.3, 0.4) is 0 Å². The van der Waals surface area contributed by atoms with E-state index in [1.165, 1.54) is 11.1 Å². The Balaban J connectivity index is 1.51. The Labute approximate surface area is 153 Å². The fourth-order valence-corrected chi connectivity index (χ4v) is 2.52. The minimum Gasteiger partial charge on any atom is -0.366 e. The average Bonchev–Trinajstić information content (AvgIpc) is 3.19. The van der Waals surface area contributed by atoms with E-state index < -0.39 is 0 Å². The van der Waals surface area contributed by atoms with Gasteiger partial charge in [-0.05, 0) is 29.7 Å². The van der Waals surface area contributed by atoms with Gasteiger partial charge >= 0.3 is 0 Å². The van der Waals surface area contributed by atoms with Crippen LogP contribution in [0.4, 0.5) is 5.82 Å². The smallest absolute Gasteiger partial charge is 0.252 e. The number of nitrogens with zero attached hydrogens (tertiary/aromatic N) is 3. The third kappa shape index (κ3) is 4.92. The standard InChI is InChI=1S/C20H23N5O/c1-2-9-22-20(26)18-7-8-19(24-13-18)23-12-16-3-5-17(6-4-16)14-25-11-10-21-15-25/h3-8,10-11,13,15H,2,9,12,14H2,1H3,(H,22,26)(H,23,24). The summed E-state index contributed by atoms with van der Waals surface area (Å²) in [5, 5.41) is 6.12. The van der Waals surface area contributed by atoms with Crippen molar-refractivity contribution in [3.05, 3.63) is 78.0 Å². The van der Waals surface area contributed by atoms with E-state index in [1.54, 1.807) is 18.5 Å². The number of benzene rings is 1. The SMILES string of the molecule is CCCNC(=O)c1ccc(NCc2ccc(Cn3ccnc3)cc2)nc1. The van der Waals surface area contributed by atoms with E-state index in [9.17, 15) is 4.79 Å². The van der Waals surface area contributed by atoms with E-state index in [2.05, 4.69) is 44.9 Å². The van der Waals surface area contributed by atoms with Crippen molar-refractivity contribution >= 4 is 11.7 Å². The van der Waals surface area contributed by atoms with Crippen LogP contribution in [0, 0.1) is 0 Å². The topological polar surface area (TPSA) is 71.8 Å².